The molecule has 1 aromatic carbocycles. The Kier molecular flexibility index (Phi) is 6.64. The molecule has 8 heteroatoms. The molecule has 0 saturated heterocycles. The molecule has 1 N–H and O–H groups in total. The molecule has 0 bridgehead atoms. The fraction of sp³-hybridized carbons (Fsp3) is 0.524. The first-order valence-corrected chi connectivity index (χ1v) is 9.93. The zero-order valence-electron chi connectivity index (χ0n) is 16.7. The normalized spacial score (nSPS) is 17.4. The summed E-state index contributed by atoms with van der Waals surface area (Å²) in [5.74, 6) is -1.87. The van der Waals surface area contributed by atoms with E-state index in [1.54, 1.807) is 7.11 Å². The summed E-state index contributed by atoms with van der Waals surface area (Å²) in [4.78, 5) is 50.8. The van der Waals surface area contributed by atoms with Crippen molar-refractivity contribution in [2.75, 3.05) is 20.3 Å². The van der Waals surface area contributed by atoms with Gasteiger partial charge in [0.15, 0.2) is 6.10 Å². The molecule has 156 valence electrons. The summed E-state index contributed by atoms with van der Waals surface area (Å²) in [6.07, 6.45) is 3.64. The number of nitrogens with zero attached hydrogens (tertiary/aromatic N) is 1. The molecule has 3 amide bonds. The van der Waals surface area contributed by atoms with Crippen LogP contribution in [-0.2, 0) is 14.3 Å². The Bertz CT molecular complexity index is 815. The number of imide groups is 1. The molecule has 29 heavy (non-hydrogen) atoms. The van der Waals surface area contributed by atoms with Gasteiger partial charge in [-0.1, -0.05) is 12.8 Å². The Morgan fingerprint density at radius 1 is 1.17 bits per heavy atom. The summed E-state index contributed by atoms with van der Waals surface area (Å²) in [7, 11) is 1.55. The molecule has 3 rings (SSSR count). The van der Waals surface area contributed by atoms with Crippen LogP contribution in [0.3, 0.4) is 0 Å². The number of hydrogen-bond acceptors (Lipinski definition) is 6. The third kappa shape index (κ3) is 4.64. The number of benzene rings is 1. The van der Waals surface area contributed by atoms with Crippen molar-refractivity contribution in [3.63, 3.8) is 0 Å². The number of nitrogens with one attached hydrogen (secondary N) is 1. The van der Waals surface area contributed by atoms with Crippen molar-refractivity contribution in [1.29, 1.82) is 0 Å². The smallest absolute Gasteiger partial charge is 0.338 e. The van der Waals surface area contributed by atoms with E-state index in [4.69, 9.17) is 9.47 Å². The molecule has 8 nitrogen and oxygen atoms in total. The number of rotatable bonds is 8. The lowest BCUT2D eigenvalue weighted by Gasteiger charge is -2.17. The van der Waals surface area contributed by atoms with E-state index in [0.717, 1.165) is 30.6 Å². The van der Waals surface area contributed by atoms with E-state index in [1.807, 2.05) is 0 Å². The van der Waals surface area contributed by atoms with Crippen molar-refractivity contribution in [3.8, 4) is 0 Å². The number of hydrogen-bond donors (Lipinski definition) is 1. The standard InChI is InChI=1S/C21H26N2O6/c1-13(18(24)22-15-6-3-4-7-15)29-21(27)14-8-9-16-17(12-14)20(26)23(19(16)25)10-5-11-28-2/h8-9,12-13,15H,3-7,10-11H2,1-2H3,(H,22,24). The van der Waals surface area contributed by atoms with E-state index in [9.17, 15) is 19.2 Å². The number of amides is 3. The van der Waals surface area contributed by atoms with Crippen molar-refractivity contribution in [1.82, 2.24) is 10.2 Å². The van der Waals surface area contributed by atoms with Gasteiger partial charge in [-0.25, -0.2) is 4.79 Å². The lowest BCUT2D eigenvalue weighted by atomic mass is 10.1. The largest absolute Gasteiger partial charge is 0.449 e. The van der Waals surface area contributed by atoms with Gasteiger partial charge < -0.3 is 14.8 Å². The first-order valence-electron chi connectivity index (χ1n) is 9.93. The quantitative estimate of drug-likeness (QED) is 0.405. The highest BCUT2D eigenvalue weighted by molar-refractivity contribution is 6.22. The van der Waals surface area contributed by atoms with Gasteiger partial charge in [-0.2, -0.15) is 0 Å². The maximum atomic E-state index is 12.5. The Labute approximate surface area is 169 Å². The van der Waals surface area contributed by atoms with Crippen molar-refractivity contribution in [2.45, 2.75) is 51.2 Å². The lowest BCUT2D eigenvalue weighted by Crippen LogP contribution is -2.40. The van der Waals surface area contributed by atoms with E-state index in [1.165, 1.54) is 25.1 Å². The van der Waals surface area contributed by atoms with Gasteiger partial charge in [0, 0.05) is 26.3 Å². The van der Waals surface area contributed by atoms with Crippen LogP contribution in [0.2, 0.25) is 0 Å². The van der Waals surface area contributed by atoms with Gasteiger partial charge in [0.25, 0.3) is 17.7 Å². The second kappa shape index (κ2) is 9.17. The second-order valence-corrected chi connectivity index (χ2v) is 7.41. The number of esters is 1. The second-order valence-electron chi connectivity index (χ2n) is 7.41. The Balaban J connectivity index is 1.64. The minimum absolute atomic E-state index is 0.129. The predicted molar refractivity (Wildman–Crippen MR) is 104 cm³/mol. The average molecular weight is 402 g/mol. The van der Waals surface area contributed by atoms with Gasteiger partial charge in [0.2, 0.25) is 0 Å². The Morgan fingerprint density at radius 2 is 1.86 bits per heavy atom. The lowest BCUT2D eigenvalue weighted by molar-refractivity contribution is -0.129. The molecule has 0 aromatic heterocycles. The van der Waals surface area contributed by atoms with E-state index in [0.29, 0.717) is 13.0 Å². The van der Waals surface area contributed by atoms with Crippen LogP contribution in [0.15, 0.2) is 18.2 Å². The molecule has 1 heterocycles. The first kappa shape index (κ1) is 21.0. The number of carbonyl (C=O) groups excluding carboxylic acids is 4. The van der Waals surface area contributed by atoms with Gasteiger partial charge in [-0.3, -0.25) is 19.3 Å². The molecule has 0 spiro atoms. The van der Waals surface area contributed by atoms with Gasteiger partial charge in [0.1, 0.15) is 0 Å². The molecule has 1 aromatic rings. The molecule has 1 unspecified atom stereocenters. The average Bonchev–Trinajstić information content (AvgIpc) is 3.30. The van der Waals surface area contributed by atoms with Gasteiger partial charge in [0.05, 0.1) is 16.7 Å². The van der Waals surface area contributed by atoms with Crippen molar-refractivity contribution in [3.05, 3.63) is 34.9 Å². The third-order valence-corrected chi connectivity index (χ3v) is 5.29. The SMILES string of the molecule is COCCCN1C(=O)c2ccc(C(=O)OC(C)C(=O)NC3CCCC3)cc2C1=O. The van der Waals surface area contributed by atoms with Crippen LogP contribution < -0.4 is 5.32 Å². The predicted octanol–water partition coefficient (Wildman–Crippen LogP) is 1.92. The minimum Gasteiger partial charge on any atom is -0.449 e. The molecule has 0 radical (unpaired) electrons. The fourth-order valence-corrected chi connectivity index (χ4v) is 3.66. The topological polar surface area (TPSA) is 102 Å². The minimum atomic E-state index is -0.945. The molecule has 1 atom stereocenters. The molecule has 1 aliphatic carbocycles. The van der Waals surface area contributed by atoms with Crippen LogP contribution in [0.25, 0.3) is 0 Å². The summed E-state index contributed by atoms with van der Waals surface area (Å²) >= 11 is 0. The van der Waals surface area contributed by atoms with Crippen LogP contribution in [0, 0.1) is 0 Å². The Hall–Kier alpha value is -2.74. The number of ether oxygens (including phenoxy) is 2. The van der Waals surface area contributed by atoms with Crippen LogP contribution >= 0.6 is 0 Å². The first-order chi connectivity index (χ1) is 13.9. The van der Waals surface area contributed by atoms with Crippen molar-refractivity contribution >= 4 is 23.7 Å². The summed E-state index contributed by atoms with van der Waals surface area (Å²) in [6.45, 7) is 2.20. The summed E-state index contributed by atoms with van der Waals surface area (Å²) in [6, 6.07) is 4.38. The van der Waals surface area contributed by atoms with Crippen LogP contribution in [-0.4, -0.2) is 61.0 Å². The highest BCUT2D eigenvalue weighted by Gasteiger charge is 2.36. The van der Waals surface area contributed by atoms with Gasteiger partial charge >= 0.3 is 5.97 Å². The fourth-order valence-electron chi connectivity index (χ4n) is 3.66. The summed E-state index contributed by atoms with van der Waals surface area (Å²) < 4.78 is 10.2. The van der Waals surface area contributed by atoms with E-state index in [-0.39, 0.29) is 41.1 Å². The van der Waals surface area contributed by atoms with Gasteiger partial charge in [-0.15, -0.1) is 0 Å². The van der Waals surface area contributed by atoms with Crippen molar-refractivity contribution in [2.24, 2.45) is 0 Å². The van der Waals surface area contributed by atoms with E-state index in [2.05, 4.69) is 5.32 Å². The number of carbonyl (C=O) groups is 4. The monoisotopic (exact) mass is 402 g/mol. The van der Waals surface area contributed by atoms with Crippen LogP contribution in [0.1, 0.15) is 70.1 Å². The van der Waals surface area contributed by atoms with Crippen LogP contribution in [0.5, 0.6) is 0 Å². The molecular weight excluding hydrogens is 376 g/mol. The number of methoxy groups -OCH3 is 1. The summed E-state index contributed by atoms with van der Waals surface area (Å²) in [5, 5.41) is 2.89. The van der Waals surface area contributed by atoms with E-state index < -0.39 is 18.0 Å². The molecule has 1 saturated carbocycles. The maximum Gasteiger partial charge on any atom is 0.338 e. The highest BCUT2D eigenvalue weighted by Crippen LogP contribution is 2.25. The van der Waals surface area contributed by atoms with Crippen molar-refractivity contribution < 1.29 is 28.7 Å². The molecule has 2 aliphatic rings. The third-order valence-electron chi connectivity index (χ3n) is 5.29. The van der Waals surface area contributed by atoms with Gasteiger partial charge in [-0.05, 0) is 44.4 Å². The zero-order chi connectivity index (χ0) is 21.0. The zero-order valence-corrected chi connectivity index (χ0v) is 16.7. The Morgan fingerprint density at radius 3 is 2.55 bits per heavy atom. The molecule has 1 fully saturated rings. The van der Waals surface area contributed by atoms with Crippen LogP contribution in [0.4, 0.5) is 0 Å². The molecular formula is C21H26N2O6. The van der Waals surface area contributed by atoms with E-state index >= 15 is 0 Å². The highest BCUT2D eigenvalue weighted by atomic mass is 16.5. The molecule has 1 aliphatic heterocycles. The summed E-state index contributed by atoms with van der Waals surface area (Å²) in [5.41, 5.74) is 0.560. The maximum absolute atomic E-state index is 12.5. The number of fused-ring (bicyclic) bond motifs is 1.